The van der Waals surface area contributed by atoms with Crippen molar-refractivity contribution in [3.05, 3.63) is 45.6 Å². The highest BCUT2D eigenvalue weighted by molar-refractivity contribution is 7.85. The van der Waals surface area contributed by atoms with E-state index in [1.807, 2.05) is 17.5 Å². The van der Waals surface area contributed by atoms with Gasteiger partial charge in [0.25, 0.3) is 5.91 Å². The highest BCUT2D eigenvalue weighted by Gasteiger charge is 2.11. The number of oxime groups is 1. The van der Waals surface area contributed by atoms with Crippen molar-refractivity contribution in [3.8, 4) is 11.1 Å². The Kier molecular flexibility index (Phi) is 5.24. The number of nitrogens with one attached hydrogen (secondary N) is 1. The van der Waals surface area contributed by atoms with Crippen molar-refractivity contribution in [3.63, 3.8) is 0 Å². The molecule has 0 spiro atoms. The van der Waals surface area contributed by atoms with Gasteiger partial charge in [-0.3, -0.25) is 14.4 Å². The summed E-state index contributed by atoms with van der Waals surface area (Å²) in [6, 6.07) is 8.56. The molecule has 0 radical (unpaired) electrons. The van der Waals surface area contributed by atoms with E-state index in [0.29, 0.717) is 9.90 Å². The van der Waals surface area contributed by atoms with Crippen LogP contribution in [0.2, 0.25) is 4.34 Å². The average Bonchev–Trinajstić information content (AvgIpc) is 2.91. The Morgan fingerprint density at radius 2 is 2.13 bits per heavy atom. The molecule has 0 bridgehead atoms. The lowest BCUT2D eigenvalue weighted by molar-refractivity contribution is 0.0975. The van der Waals surface area contributed by atoms with Gasteiger partial charge in [-0.25, -0.2) is 0 Å². The van der Waals surface area contributed by atoms with Gasteiger partial charge in [-0.1, -0.05) is 23.7 Å². The quantitative estimate of drug-likeness (QED) is 0.483. The third-order valence-electron chi connectivity index (χ3n) is 2.57. The number of nitrogens with two attached hydrogens (primary N) is 1. The van der Waals surface area contributed by atoms with Crippen molar-refractivity contribution in [2.24, 2.45) is 10.9 Å². The molecule has 2 rings (SSSR count). The van der Waals surface area contributed by atoms with E-state index in [1.165, 1.54) is 11.3 Å². The first-order valence-corrected chi connectivity index (χ1v) is 9.20. The summed E-state index contributed by atoms with van der Waals surface area (Å²) in [5, 5.41) is 7.17. The van der Waals surface area contributed by atoms with Crippen LogP contribution < -0.4 is 11.1 Å². The molecule has 23 heavy (non-hydrogen) atoms. The van der Waals surface area contributed by atoms with Crippen LogP contribution >= 0.6 is 22.9 Å². The molecule has 0 saturated carbocycles. The van der Waals surface area contributed by atoms with Gasteiger partial charge in [-0.2, -0.15) is 8.42 Å². The Labute approximate surface area is 141 Å². The van der Waals surface area contributed by atoms with Gasteiger partial charge >= 0.3 is 10.1 Å². The van der Waals surface area contributed by atoms with Gasteiger partial charge in [-0.05, 0) is 34.3 Å². The molecule has 122 valence electrons. The Bertz CT molecular complexity index is 862. The van der Waals surface area contributed by atoms with E-state index in [-0.39, 0.29) is 0 Å². The number of hydrogen-bond acceptors (Lipinski definition) is 6. The molecule has 0 saturated heterocycles. The maximum absolute atomic E-state index is 12.1. The second-order valence-corrected chi connectivity index (χ2v) is 7.47. The molecule has 0 atom stereocenters. The largest absolute Gasteiger partial charge is 0.367 e. The lowest BCUT2D eigenvalue weighted by Crippen LogP contribution is -2.37. The molecule has 1 heterocycles. The normalized spacial score (nSPS) is 12.0. The molecule has 2 aromatic rings. The van der Waals surface area contributed by atoms with E-state index in [0.717, 1.165) is 17.4 Å². The van der Waals surface area contributed by atoms with Crippen LogP contribution in [0.1, 0.15) is 10.4 Å². The van der Waals surface area contributed by atoms with E-state index in [9.17, 15) is 13.2 Å². The number of nitrogens with zero attached hydrogens (tertiary/aromatic N) is 1. The molecule has 0 aliphatic heterocycles. The summed E-state index contributed by atoms with van der Waals surface area (Å²) in [7, 11) is -3.79. The Hall–Kier alpha value is -2.10. The van der Waals surface area contributed by atoms with Crippen LogP contribution in [0.4, 0.5) is 0 Å². The zero-order valence-electron chi connectivity index (χ0n) is 11.8. The van der Waals surface area contributed by atoms with Crippen LogP contribution in [0.15, 0.2) is 40.9 Å². The Morgan fingerprint density at radius 3 is 2.74 bits per heavy atom. The average molecular weight is 374 g/mol. The van der Waals surface area contributed by atoms with Crippen LogP contribution in [0.25, 0.3) is 11.1 Å². The molecule has 7 nitrogen and oxygen atoms in total. The molecule has 0 fully saturated rings. The van der Waals surface area contributed by atoms with E-state index in [1.54, 1.807) is 18.2 Å². The van der Waals surface area contributed by atoms with E-state index in [4.69, 9.17) is 17.3 Å². The molecule has 0 aliphatic carbocycles. The van der Waals surface area contributed by atoms with Gasteiger partial charge in [-0.15, -0.1) is 11.3 Å². The predicted octanol–water partition coefficient (Wildman–Crippen LogP) is 2.00. The van der Waals surface area contributed by atoms with Gasteiger partial charge in [0, 0.05) is 11.1 Å². The summed E-state index contributed by atoms with van der Waals surface area (Å²) in [5.41, 5.74) is 7.28. The van der Waals surface area contributed by atoms with Crippen molar-refractivity contribution in [1.82, 2.24) is 5.32 Å². The van der Waals surface area contributed by atoms with Crippen LogP contribution in [0.3, 0.4) is 0 Å². The minimum Gasteiger partial charge on any atom is -0.367 e. The number of carbonyl (C=O) groups is 1. The number of amides is 1. The van der Waals surface area contributed by atoms with E-state index >= 15 is 0 Å². The van der Waals surface area contributed by atoms with Crippen LogP contribution in [0, 0.1) is 0 Å². The van der Waals surface area contributed by atoms with Gasteiger partial charge in [0.15, 0.2) is 0 Å². The molecule has 0 aliphatic rings. The van der Waals surface area contributed by atoms with Crippen LogP contribution in [0.5, 0.6) is 0 Å². The molecule has 1 aromatic heterocycles. The summed E-state index contributed by atoms with van der Waals surface area (Å²) < 4.78 is 26.3. The Balaban J connectivity index is 2.16. The van der Waals surface area contributed by atoms with E-state index in [2.05, 4.69) is 14.8 Å². The van der Waals surface area contributed by atoms with Crippen LogP contribution in [-0.2, 0) is 14.4 Å². The monoisotopic (exact) mass is 373 g/mol. The zero-order valence-corrected chi connectivity index (χ0v) is 14.2. The first-order valence-electron chi connectivity index (χ1n) is 6.13. The topological polar surface area (TPSA) is 111 Å². The number of carbonyl (C=O) groups excluding carboxylic acids is 1. The van der Waals surface area contributed by atoms with Gasteiger partial charge in [0.05, 0.1) is 6.26 Å². The number of halogens is 1. The number of hydrogen-bond donors (Lipinski definition) is 2. The summed E-state index contributed by atoms with van der Waals surface area (Å²) in [6.45, 7) is 0. The molecule has 3 N–H and O–H groups in total. The van der Waals surface area contributed by atoms with Crippen molar-refractivity contribution in [2.45, 2.75) is 0 Å². The van der Waals surface area contributed by atoms with Crippen molar-refractivity contribution in [1.29, 1.82) is 0 Å². The molecular formula is C13H12ClN3O4S2. The standard InChI is InChI=1S/C13H12ClN3O4S2/c1-23(19,20)21-17-13(15)16-12(18)9-4-2-3-8(7-9)10-5-6-22-11(10)14/h2-7H,1H3,(H3,15,16,17,18). The first kappa shape index (κ1) is 17.3. The fourth-order valence-corrected chi connectivity index (χ4v) is 2.83. The smallest absolute Gasteiger partial charge is 0.325 e. The predicted molar refractivity (Wildman–Crippen MR) is 89.8 cm³/mol. The third-order valence-corrected chi connectivity index (χ3v) is 4.08. The second kappa shape index (κ2) is 6.99. The van der Waals surface area contributed by atoms with Crippen molar-refractivity contribution in [2.75, 3.05) is 6.26 Å². The molecule has 1 amide bonds. The SMILES string of the molecule is CS(=O)(=O)ON=C(N)NC(=O)c1cccc(-c2ccsc2Cl)c1. The molecule has 1 aromatic carbocycles. The zero-order chi connectivity index (χ0) is 17.0. The van der Waals surface area contributed by atoms with Crippen LogP contribution in [-0.4, -0.2) is 26.5 Å². The maximum atomic E-state index is 12.1. The molecule has 0 unspecified atom stereocenters. The lowest BCUT2D eigenvalue weighted by atomic mass is 10.1. The minimum atomic E-state index is -3.79. The number of rotatable bonds is 4. The highest BCUT2D eigenvalue weighted by Crippen LogP contribution is 2.32. The number of benzene rings is 1. The summed E-state index contributed by atoms with van der Waals surface area (Å²) >= 11 is 7.47. The highest BCUT2D eigenvalue weighted by atomic mass is 35.5. The second-order valence-electron chi connectivity index (χ2n) is 4.40. The fourth-order valence-electron chi connectivity index (χ4n) is 1.65. The van der Waals surface area contributed by atoms with Gasteiger partial charge in [0.1, 0.15) is 4.34 Å². The number of guanidine groups is 1. The summed E-state index contributed by atoms with van der Waals surface area (Å²) in [4.78, 5) is 12.1. The fraction of sp³-hybridized carbons (Fsp3) is 0.0769. The van der Waals surface area contributed by atoms with Crippen molar-refractivity contribution >= 4 is 44.9 Å². The van der Waals surface area contributed by atoms with E-state index < -0.39 is 22.0 Å². The number of thiophene rings is 1. The Morgan fingerprint density at radius 1 is 1.39 bits per heavy atom. The minimum absolute atomic E-state index is 0.308. The third kappa shape index (κ3) is 4.95. The molecular weight excluding hydrogens is 362 g/mol. The van der Waals surface area contributed by atoms with Gasteiger partial charge < -0.3 is 5.73 Å². The lowest BCUT2D eigenvalue weighted by Gasteiger charge is -2.06. The molecule has 10 heteroatoms. The summed E-state index contributed by atoms with van der Waals surface area (Å²) in [6.07, 6.45) is 0.805. The maximum Gasteiger partial charge on any atom is 0.325 e. The first-order chi connectivity index (χ1) is 10.8. The van der Waals surface area contributed by atoms with Gasteiger partial charge in [0.2, 0.25) is 5.96 Å². The summed E-state index contributed by atoms with van der Waals surface area (Å²) in [5.74, 6) is -1.03. The van der Waals surface area contributed by atoms with Crippen molar-refractivity contribution < 1.29 is 17.5 Å².